The molecule has 3 N–H and O–H groups in total. The molecule has 89 heavy (non-hydrogen) atoms. The number of hydrogen-bond donors (Lipinski definition) is 3. The van der Waals surface area contributed by atoms with Crippen molar-refractivity contribution in [2.45, 2.75) is 374 Å². The van der Waals surface area contributed by atoms with Gasteiger partial charge in [-0.3, -0.25) is 37.3 Å². The quantitative estimate of drug-likeness (QED) is 0.0222. The van der Waals surface area contributed by atoms with Gasteiger partial charge in [-0.2, -0.15) is 0 Å². The summed E-state index contributed by atoms with van der Waals surface area (Å²) < 4.78 is 67.9. The van der Waals surface area contributed by atoms with Crippen molar-refractivity contribution in [3.05, 3.63) is 0 Å². The number of unbranched alkanes of at least 4 members (excludes halogenated alkanes) is 39. The molecule has 0 saturated carbocycles. The van der Waals surface area contributed by atoms with E-state index in [-0.39, 0.29) is 25.7 Å². The fourth-order valence-electron chi connectivity index (χ4n) is 10.6. The van der Waals surface area contributed by atoms with E-state index >= 15 is 0 Å². The number of phosphoric acid groups is 2. The van der Waals surface area contributed by atoms with Gasteiger partial charge in [0, 0.05) is 25.7 Å². The maximum Gasteiger partial charge on any atom is 0.472 e. The van der Waals surface area contributed by atoms with Gasteiger partial charge in [-0.25, -0.2) is 9.13 Å². The average Bonchev–Trinajstić information content (AvgIpc) is 3.52. The van der Waals surface area contributed by atoms with Crippen LogP contribution in [-0.2, 0) is 65.4 Å². The number of esters is 4. The van der Waals surface area contributed by atoms with Gasteiger partial charge in [-0.05, 0) is 37.5 Å². The van der Waals surface area contributed by atoms with Crippen LogP contribution in [-0.4, -0.2) is 96.7 Å². The standard InChI is InChI=1S/C70H136O17P2/c1-7-9-11-13-33-42-48-54-69(74)86-65(58-80-67(72)52-46-38-12-10-8-2)60-84-88(76,77)82-56-64(71)57-83-89(78,79)85-61-66(59-81-68(73)53-47-41-36-31-27-24-20-22-26-30-35-40-45-51-63(5)6)87-70(75)55-49-43-37-32-28-23-19-17-15-14-16-18-21-25-29-34-39-44-50-62(3)4/h62-66,71H,7-61H2,1-6H3,(H,76,77)(H,78,79)/t64-,65+,66+/m0/s1. The molecule has 0 aromatic carbocycles. The van der Waals surface area contributed by atoms with Gasteiger partial charge in [0.05, 0.1) is 26.4 Å². The van der Waals surface area contributed by atoms with Crippen LogP contribution in [0.5, 0.6) is 0 Å². The minimum absolute atomic E-state index is 0.103. The second-order valence-electron chi connectivity index (χ2n) is 26.2. The maximum atomic E-state index is 13.0. The van der Waals surface area contributed by atoms with Gasteiger partial charge in [0.2, 0.25) is 0 Å². The third-order valence-electron chi connectivity index (χ3n) is 16.2. The molecule has 0 heterocycles. The van der Waals surface area contributed by atoms with Gasteiger partial charge >= 0.3 is 39.5 Å². The molecule has 2 unspecified atom stereocenters. The predicted molar refractivity (Wildman–Crippen MR) is 358 cm³/mol. The zero-order valence-electron chi connectivity index (χ0n) is 57.7. The minimum Gasteiger partial charge on any atom is -0.462 e. The highest BCUT2D eigenvalue weighted by atomic mass is 31.2. The summed E-state index contributed by atoms with van der Waals surface area (Å²) in [4.78, 5) is 72.1. The Labute approximate surface area is 543 Å². The van der Waals surface area contributed by atoms with Crippen LogP contribution in [0.4, 0.5) is 0 Å². The first-order valence-corrected chi connectivity index (χ1v) is 39.5. The van der Waals surface area contributed by atoms with Crippen molar-refractivity contribution in [2.75, 3.05) is 39.6 Å². The number of phosphoric ester groups is 2. The summed E-state index contributed by atoms with van der Waals surface area (Å²) in [6.07, 6.45) is 47.9. The molecule has 17 nitrogen and oxygen atoms in total. The Hall–Kier alpha value is -1.94. The van der Waals surface area contributed by atoms with E-state index in [1.165, 1.54) is 154 Å². The van der Waals surface area contributed by atoms with Crippen LogP contribution in [0.1, 0.15) is 356 Å². The molecule has 0 bridgehead atoms. The van der Waals surface area contributed by atoms with Crippen molar-refractivity contribution in [1.82, 2.24) is 0 Å². The molecule has 0 aliphatic carbocycles. The van der Waals surface area contributed by atoms with Gasteiger partial charge < -0.3 is 33.8 Å². The summed E-state index contributed by atoms with van der Waals surface area (Å²) >= 11 is 0. The number of ether oxygens (including phenoxy) is 4. The molecule has 5 atom stereocenters. The van der Waals surface area contributed by atoms with E-state index in [9.17, 15) is 43.2 Å². The summed E-state index contributed by atoms with van der Waals surface area (Å²) in [6.45, 7) is 9.46. The third-order valence-corrected chi connectivity index (χ3v) is 18.1. The Balaban J connectivity index is 5.08. The summed E-state index contributed by atoms with van der Waals surface area (Å²) in [5, 5.41) is 10.5. The predicted octanol–water partition coefficient (Wildman–Crippen LogP) is 20.0. The molecule has 0 radical (unpaired) electrons. The highest BCUT2D eigenvalue weighted by molar-refractivity contribution is 7.47. The number of carbonyl (C=O) groups excluding carboxylic acids is 4. The van der Waals surface area contributed by atoms with E-state index in [0.717, 1.165) is 121 Å². The minimum atomic E-state index is -4.95. The molecule has 0 aromatic rings. The Morgan fingerprint density at radius 2 is 0.517 bits per heavy atom. The van der Waals surface area contributed by atoms with E-state index in [4.69, 9.17) is 37.0 Å². The first-order chi connectivity index (χ1) is 42.9. The normalized spacial score (nSPS) is 14.1. The topological polar surface area (TPSA) is 237 Å². The Kier molecular flexibility index (Phi) is 60.8. The Bertz CT molecular complexity index is 1730. The van der Waals surface area contributed by atoms with E-state index < -0.39 is 97.5 Å². The number of carbonyl (C=O) groups is 4. The first kappa shape index (κ1) is 87.1. The fourth-order valence-corrected chi connectivity index (χ4v) is 12.2. The number of aliphatic hydroxyl groups is 1. The van der Waals surface area contributed by atoms with Gasteiger partial charge in [0.25, 0.3) is 0 Å². The molecule has 0 aromatic heterocycles. The second-order valence-corrected chi connectivity index (χ2v) is 29.1. The Morgan fingerprint density at radius 1 is 0.303 bits per heavy atom. The Morgan fingerprint density at radius 3 is 0.764 bits per heavy atom. The van der Waals surface area contributed by atoms with Crippen molar-refractivity contribution >= 4 is 39.5 Å². The van der Waals surface area contributed by atoms with Crippen LogP contribution in [0.25, 0.3) is 0 Å². The molecular weight excluding hydrogens is 1170 g/mol. The van der Waals surface area contributed by atoms with Gasteiger partial charge in [-0.15, -0.1) is 0 Å². The van der Waals surface area contributed by atoms with Crippen molar-refractivity contribution in [3.63, 3.8) is 0 Å². The van der Waals surface area contributed by atoms with Crippen molar-refractivity contribution in [2.24, 2.45) is 11.8 Å². The van der Waals surface area contributed by atoms with Crippen LogP contribution < -0.4 is 0 Å². The van der Waals surface area contributed by atoms with Crippen LogP contribution in [0.2, 0.25) is 0 Å². The first-order valence-electron chi connectivity index (χ1n) is 36.5. The molecular formula is C70H136O17P2. The van der Waals surface area contributed by atoms with Crippen molar-refractivity contribution in [1.29, 1.82) is 0 Å². The molecule has 0 spiro atoms. The SMILES string of the molecule is CCCCCCCCCC(=O)O[C@H](COC(=O)CCCCCCC)COP(=O)(O)OC[C@H](O)COP(=O)(O)OC[C@@H](COC(=O)CCCCCCCCCCCCCCCC(C)C)OC(=O)CCCCCCCCCCCCCCCCCCCCC(C)C. The van der Waals surface area contributed by atoms with Crippen LogP contribution >= 0.6 is 15.6 Å². The van der Waals surface area contributed by atoms with Crippen molar-refractivity contribution in [3.8, 4) is 0 Å². The molecule has 0 amide bonds. The number of aliphatic hydroxyl groups excluding tert-OH is 1. The van der Waals surface area contributed by atoms with Gasteiger partial charge in [0.1, 0.15) is 19.3 Å². The van der Waals surface area contributed by atoms with Gasteiger partial charge in [-0.1, -0.05) is 305 Å². The van der Waals surface area contributed by atoms with E-state index in [1.54, 1.807) is 0 Å². The summed E-state index contributed by atoms with van der Waals surface area (Å²) in [7, 11) is -9.88. The lowest BCUT2D eigenvalue weighted by Gasteiger charge is -2.21. The van der Waals surface area contributed by atoms with E-state index in [2.05, 4.69) is 41.5 Å². The lowest BCUT2D eigenvalue weighted by atomic mass is 10.0. The molecule has 0 aliphatic heterocycles. The summed E-state index contributed by atoms with van der Waals surface area (Å²) in [5.41, 5.74) is 0. The summed E-state index contributed by atoms with van der Waals surface area (Å²) in [6, 6.07) is 0. The lowest BCUT2D eigenvalue weighted by Crippen LogP contribution is -2.30. The number of hydrogen-bond acceptors (Lipinski definition) is 15. The lowest BCUT2D eigenvalue weighted by molar-refractivity contribution is -0.161. The molecule has 0 aliphatic rings. The molecule has 528 valence electrons. The van der Waals surface area contributed by atoms with Crippen molar-refractivity contribution < 1.29 is 80.2 Å². The smallest absolute Gasteiger partial charge is 0.462 e. The second kappa shape index (κ2) is 62.2. The molecule has 19 heteroatoms. The van der Waals surface area contributed by atoms with E-state index in [0.29, 0.717) is 25.7 Å². The monoisotopic (exact) mass is 1310 g/mol. The largest absolute Gasteiger partial charge is 0.472 e. The fraction of sp³-hybridized carbons (Fsp3) is 0.943. The zero-order chi connectivity index (χ0) is 65.7. The third kappa shape index (κ3) is 64.6. The van der Waals surface area contributed by atoms with E-state index in [1.807, 2.05) is 0 Å². The number of rotatable bonds is 69. The highest BCUT2D eigenvalue weighted by Gasteiger charge is 2.30. The molecule has 0 saturated heterocycles. The highest BCUT2D eigenvalue weighted by Crippen LogP contribution is 2.45. The average molecular weight is 1310 g/mol. The van der Waals surface area contributed by atoms with Crippen LogP contribution in [0.15, 0.2) is 0 Å². The summed E-state index contributed by atoms with van der Waals surface area (Å²) in [5.74, 6) is -0.530. The van der Waals surface area contributed by atoms with Crippen LogP contribution in [0, 0.1) is 11.8 Å². The zero-order valence-corrected chi connectivity index (χ0v) is 59.5. The maximum absolute atomic E-state index is 13.0. The van der Waals surface area contributed by atoms with Crippen LogP contribution in [0.3, 0.4) is 0 Å². The molecule has 0 rings (SSSR count). The molecule has 0 fully saturated rings. The van der Waals surface area contributed by atoms with Gasteiger partial charge in [0.15, 0.2) is 12.2 Å².